The van der Waals surface area contributed by atoms with Crippen LogP contribution >= 0.6 is 0 Å². The molecule has 0 bridgehead atoms. The smallest absolute Gasteiger partial charge is 0.185 e. The van der Waals surface area contributed by atoms with Crippen LogP contribution in [-0.2, 0) is 0 Å². The van der Waals surface area contributed by atoms with Crippen molar-refractivity contribution in [1.29, 1.82) is 0 Å². The number of carbonyl (C=O) groups excluding carboxylic acids is 1. The molecule has 0 aromatic heterocycles. The highest BCUT2D eigenvalue weighted by Gasteiger charge is 2.11. The third-order valence-corrected chi connectivity index (χ3v) is 3.44. The van der Waals surface area contributed by atoms with Crippen molar-refractivity contribution >= 4 is 11.9 Å². The van der Waals surface area contributed by atoms with Crippen molar-refractivity contribution in [2.24, 2.45) is 0 Å². The molecule has 1 heterocycles. The second-order valence-corrected chi connectivity index (χ2v) is 5.06. The number of hydrogen-bond donors (Lipinski definition) is 0. The van der Waals surface area contributed by atoms with Gasteiger partial charge in [0, 0.05) is 5.56 Å². The van der Waals surface area contributed by atoms with E-state index in [9.17, 15) is 4.79 Å². The molecule has 4 heteroatoms. The van der Waals surface area contributed by atoms with Gasteiger partial charge >= 0.3 is 0 Å². The summed E-state index contributed by atoms with van der Waals surface area (Å²) >= 11 is 0. The molecular formula is C19H18O4. The Morgan fingerprint density at radius 2 is 1.83 bits per heavy atom. The summed E-state index contributed by atoms with van der Waals surface area (Å²) in [6.07, 6.45) is 3.33. The van der Waals surface area contributed by atoms with Gasteiger partial charge in [-0.3, -0.25) is 4.79 Å². The fourth-order valence-electron chi connectivity index (χ4n) is 2.31. The molecule has 0 fully saturated rings. The van der Waals surface area contributed by atoms with Gasteiger partial charge in [-0.05, 0) is 55.0 Å². The van der Waals surface area contributed by atoms with Gasteiger partial charge in [0.25, 0.3) is 0 Å². The quantitative estimate of drug-likeness (QED) is 0.623. The van der Waals surface area contributed by atoms with E-state index in [1.54, 1.807) is 36.4 Å². The zero-order valence-electron chi connectivity index (χ0n) is 13.0. The molecule has 1 aliphatic heterocycles. The summed E-state index contributed by atoms with van der Waals surface area (Å²) in [6, 6.07) is 12.8. The summed E-state index contributed by atoms with van der Waals surface area (Å²) in [5.74, 6) is 2.17. The lowest BCUT2D eigenvalue weighted by Gasteiger charge is -2.18. The topological polar surface area (TPSA) is 44.8 Å². The molecular weight excluding hydrogens is 292 g/mol. The molecule has 118 valence electrons. The SMILES string of the molecule is CCOc1ccc(C(=O)C=Cc2ccc3c(c2)OCCO3)cc1. The number of ketones is 1. The van der Waals surface area contributed by atoms with E-state index >= 15 is 0 Å². The zero-order chi connectivity index (χ0) is 16.1. The monoisotopic (exact) mass is 310 g/mol. The van der Waals surface area contributed by atoms with Crippen LogP contribution in [0.2, 0.25) is 0 Å². The highest BCUT2D eigenvalue weighted by Crippen LogP contribution is 2.31. The van der Waals surface area contributed by atoms with Gasteiger partial charge in [0.1, 0.15) is 19.0 Å². The molecule has 0 saturated carbocycles. The fraction of sp³-hybridized carbons (Fsp3) is 0.211. The van der Waals surface area contributed by atoms with Crippen LogP contribution < -0.4 is 14.2 Å². The standard InChI is InChI=1S/C19H18O4/c1-2-21-16-7-5-15(6-8-16)17(20)9-3-14-4-10-18-19(13-14)23-12-11-22-18/h3-10,13H,2,11-12H2,1H3. The minimum absolute atomic E-state index is 0.0528. The Morgan fingerprint density at radius 1 is 1.09 bits per heavy atom. The molecule has 4 nitrogen and oxygen atoms in total. The molecule has 23 heavy (non-hydrogen) atoms. The van der Waals surface area contributed by atoms with E-state index in [2.05, 4.69) is 0 Å². The number of benzene rings is 2. The molecule has 0 aliphatic carbocycles. The van der Waals surface area contributed by atoms with Crippen molar-refractivity contribution in [3.63, 3.8) is 0 Å². The first-order valence-corrected chi connectivity index (χ1v) is 7.61. The number of hydrogen-bond acceptors (Lipinski definition) is 4. The molecule has 0 spiro atoms. The zero-order valence-corrected chi connectivity index (χ0v) is 13.0. The number of allylic oxidation sites excluding steroid dienone is 1. The second-order valence-electron chi connectivity index (χ2n) is 5.06. The molecule has 0 radical (unpaired) electrons. The van der Waals surface area contributed by atoms with Gasteiger partial charge in [0.05, 0.1) is 6.61 Å². The predicted octanol–water partition coefficient (Wildman–Crippen LogP) is 3.75. The van der Waals surface area contributed by atoms with Gasteiger partial charge in [-0.1, -0.05) is 12.1 Å². The van der Waals surface area contributed by atoms with Crippen molar-refractivity contribution in [2.45, 2.75) is 6.92 Å². The van der Waals surface area contributed by atoms with Gasteiger partial charge < -0.3 is 14.2 Å². The Morgan fingerprint density at radius 3 is 2.57 bits per heavy atom. The molecule has 2 aromatic carbocycles. The van der Waals surface area contributed by atoms with Crippen LogP contribution in [0.1, 0.15) is 22.8 Å². The van der Waals surface area contributed by atoms with Gasteiger partial charge in [0.2, 0.25) is 0 Å². The predicted molar refractivity (Wildman–Crippen MR) is 88.4 cm³/mol. The average Bonchev–Trinajstić information content (AvgIpc) is 2.60. The van der Waals surface area contributed by atoms with E-state index in [-0.39, 0.29) is 5.78 Å². The highest BCUT2D eigenvalue weighted by molar-refractivity contribution is 6.06. The van der Waals surface area contributed by atoms with Gasteiger partial charge in [-0.25, -0.2) is 0 Å². The van der Waals surface area contributed by atoms with Crippen molar-refractivity contribution < 1.29 is 19.0 Å². The number of rotatable bonds is 5. The van der Waals surface area contributed by atoms with E-state index in [0.29, 0.717) is 31.1 Å². The van der Waals surface area contributed by atoms with E-state index in [4.69, 9.17) is 14.2 Å². The number of carbonyl (C=O) groups is 1. The Bertz CT molecular complexity index is 717. The lowest BCUT2D eigenvalue weighted by molar-refractivity contribution is 0.104. The lowest BCUT2D eigenvalue weighted by atomic mass is 10.1. The van der Waals surface area contributed by atoms with Crippen LogP contribution in [0.25, 0.3) is 6.08 Å². The molecule has 0 saturated heterocycles. The molecule has 0 amide bonds. The van der Waals surface area contributed by atoms with Crippen LogP contribution in [0.5, 0.6) is 17.2 Å². The second kappa shape index (κ2) is 7.01. The van der Waals surface area contributed by atoms with E-state index < -0.39 is 0 Å². The van der Waals surface area contributed by atoms with E-state index in [1.807, 2.05) is 25.1 Å². The van der Waals surface area contributed by atoms with Gasteiger partial charge in [-0.2, -0.15) is 0 Å². The normalized spacial score (nSPS) is 13.1. The Kier molecular flexibility index (Phi) is 4.62. The molecule has 0 N–H and O–H groups in total. The summed E-state index contributed by atoms with van der Waals surface area (Å²) in [5.41, 5.74) is 1.52. The maximum atomic E-state index is 12.2. The maximum absolute atomic E-state index is 12.2. The summed E-state index contributed by atoms with van der Waals surface area (Å²) in [5, 5.41) is 0. The van der Waals surface area contributed by atoms with Crippen LogP contribution in [0.4, 0.5) is 0 Å². The van der Waals surface area contributed by atoms with E-state index in [0.717, 1.165) is 17.1 Å². The van der Waals surface area contributed by atoms with Crippen LogP contribution in [0.3, 0.4) is 0 Å². The van der Waals surface area contributed by atoms with Crippen molar-refractivity contribution in [1.82, 2.24) is 0 Å². The first-order valence-electron chi connectivity index (χ1n) is 7.61. The largest absolute Gasteiger partial charge is 0.494 e. The lowest BCUT2D eigenvalue weighted by Crippen LogP contribution is -2.15. The summed E-state index contributed by atoms with van der Waals surface area (Å²) in [4.78, 5) is 12.2. The Hall–Kier alpha value is -2.75. The summed E-state index contributed by atoms with van der Waals surface area (Å²) in [7, 11) is 0. The van der Waals surface area contributed by atoms with Crippen molar-refractivity contribution in [3.05, 3.63) is 59.7 Å². The van der Waals surface area contributed by atoms with Crippen LogP contribution in [0.15, 0.2) is 48.5 Å². The van der Waals surface area contributed by atoms with Crippen LogP contribution in [0, 0.1) is 0 Å². The molecule has 3 rings (SSSR count). The highest BCUT2D eigenvalue weighted by atomic mass is 16.6. The summed E-state index contributed by atoms with van der Waals surface area (Å²) in [6.45, 7) is 3.65. The van der Waals surface area contributed by atoms with Crippen molar-refractivity contribution in [2.75, 3.05) is 19.8 Å². The number of fused-ring (bicyclic) bond motifs is 1. The first kappa shape index (κ1) is 15.2. The minimum Gasteiger partial charge on any atom is -0.494 e. The Balaban J connectivity index is 1.70. The van der Waals surface area contributed by atoms with Gasteiger partial charge in [0.15, 0.2) is 17.3 Å². The molecule has 0 atom stereocenters. The molecule has 1 aliphatic rings. The van der Waals surface area contributed by atoms with Crippen LogP contribution in [-0.4, -0.2) is 25.6 Å². The fourth-order valence-corrected chi connectivity index (χ4v) is 2.31. The Labute approximate surface area is 135 Å². The first-order chi connectivity index (χ1) is 11.3. The maximum Gasteiger partial charge on any atom is 0.185 e. The third kappa shape index (κ3) is 3.72. The van der Waals surface area contributed by atoms with Crippen molar-refractivity contribution in [3.8, 4) is 17.2 Å². The molecule has 0 unspecified atom stereocenters. The molecule has 2 aromatic rings. The minimum atomic E-state index is -0.0528. The van der Waals surface area contributed by atoms with Gasteiger partial charge in [-0.15, -0.1) is 0 Å². The number of ether oxygens (including phenoxy) is 3. The van der Waals surface area contributed by atoms with E-state index in [1.165, 1.54) is 0 Å². The average molecular weight is 310 g/mol. The summed E-state index contributed by atoms with van der Waals surface area (Å²) < 4.78 is 16.4. The third-order valence-electron chi connectivity index (χ3n) is 3.44.